The van der Waals surface area contributed by atoms with E-state index in [9.17, 15) is 14.0 Å². The molecule has 2 N–H and O–H groups in total. The fraction of sp³-hybridized carbons (Fsp3) is 0.136. The lowest BCUT2D eigenvalue weighted by molar-refractivity contribution is 0.102. The van der Waals surface area contributed by atoms with E-state index in [0.717, 1.165) is 22.6 Å². The molecule has 4 rings (SSSR count). The van der Waals surface area contributed by atoms with Crippen molar-refractivity contribution >= 4 is 22.9 Å². The minimum absolute atomic E-state index is 0.0925. The summed E-state index contributed by atoms with van der Waals surface area (Å²) in [4.78, 5) is 30.3. The van der Waals surface area contributed by atoms with Crippen molar-refractivity contribution in [2.75, 3.05) is 5.32 Å². The van der Waals surface area contributed by atoms with Crippen LogP contribution in [-0.4, -0.2) is 20.7 Å². The number of hydrogen-bond acceptors (Lipinski definition) is 4. The Morgan fingerprint density at radius 1 is 1.13 bits per heavy atom. The Morgan fingerprint density at radius 2 is 1.83 bits per heavy atom. The zero-order valence-corrected chi connectivity index (χ0v) is 17.2. The Labute approximate surface area is 176 Å². The third-order valence-electron chi connectivity index (χ3n) is 4.72. The normalized spacial score (nSPS) is 10.9. The van der Waals surface area contributed by atoms with E-state index in [1.54, 1.807) is 19.1 Å². The van der Waals surface area contributed by atoms with Crippen LogP contribution in [0, 0.1) is 19.7 Å². The molecule has 0 aliphatic heterocycles. The van der Waals surface area contributed by atoms with Crippen molar-refractivity contribution in [3.05, 3.63) is 98.2 Å². The van der Waals surface area contributed by atoms with Gasteiger partial charge in [-0.05, 0) is 31.5 Å². The zero-order chi connectivity index (χ0) is 21.3. The maximum Gasteiger partial charge on any atom is 0.277 e. The molecule has 152 valence electrons. The van der Waals surface area contributed by atoms with Crippen LogP contribution in [0.3, 0.4) is 0 Å². The molecule has 0 aliphatic carbocycles. The highest BCUT2D eigenvalue weighted by Crippen LogP contribution is 2.23. The van der Waals surface area contributed by atoms with Crippen molar-refractivity contribution < 1.29 is 9.18 Å². The SMILES string of the molecule is Cc1nc(-n2[nH]c(C)c(Cc3ccccc3)c2=O)sc1C(=O)Nc1ccccc1F. The smallest absolute Gasteiger partial charge is 0.277 e. The van der Waals surface area contributed by atoms with Crippen LogP contribution in [0.4, 0.5) is 10.1 Å². The Kier molecular flexibility index (Phi) is 5.33. The van der Waals surface area contributed by atoms with Gasteiger partial charge in [0, 0.05) is 17.7 Å². The summed E-state index contributed by atoms with van der Waals surface area (Å²) in [6.45, 7) is 3.52. The average molecular weight is 422 g/mol. The van der Waals surface area contributed by atoms with Gasteiger partial charge < -0.3 is 5.32 Å². The van der Waals surface area contributed by atoms with E-state index in [1.165, 1.54) is 16.8 Å². The number of rotatable bonds is 5. The largest absolute Gasteiger partial charge is 0.319 e. The summed E-state index contributed by atoms with van der Waals surface area (Å²) >= 11 is 1.07. The number of amides is 1. The monoisotopic (exact) mass is 422 g/mol. The van der Waals surface area contributed by atoms with Crippen molar-refractivity contribution in [2.24, 2.45) is 0 Å². The molecule has 4 aromatic rings. The van der Waals surface area contributed by atoms with Gasteiger partial charge in [-0.3, -0.25) is 14.7 Å². The number of H-pyrrole nitrogens is 1. The second-order valence-electron chi connectivity index (χ2n) is 6.86. The van der Waals surface area contributed by atoms with E-state index in [2.05, 4.69) is 15.4 Å². The lowest BCUT2D eigenvalue weighted by Gasteiger charge is -2.04. The topological polar surface area (TPSA) is 79.8 Å². The quantitative estimate of drug-likeness (QED) is 0.505. The number of carbonyl (C=O) groups excluding carboxylic acids is 1. The van der Waals surface area contributed by atoms with Gasteiger partial charge >= 0.3 is 0 Å². The van der Waals surface area contributed by atoms with Gasteiger partial charge in [0.1, 0.15) is 10.7 Å². The fourth-order valence-electron chi connectivity index (χ4n) is 3.15. The van der Waals surface area contributed by atoms with Gasteiger partial charge in [-0.1, -0.05) is 53.8 Å². The number of aryl methyl sites for hydroxylation is 2. The van der Waals surface area contributed by atoms with Gasteiger partial charge in [0.25, 0.3) is 11.5 Å². The molecule has 6 nitrogen and oxygen atoms in total. The molecule has 0 fully saturated rings. The first-order chi connectivity index (χ1) is 14.4. The summed E-state index contributed by atoms with van der Waals surface area (Å²) < 4.78 is 15.2. The molecule has 0 atom stereocenters. The molecule has 30 heavy (non-hydrogen) atoms. The first-order valence-electron chi connectivity index (χ1n) is 9.32. The predicted molar refractivity (Wildman–Crippen MR) is 115 cm³/mol. The van der Waals surface area contributed by atoms with E-state index in [-0.39, 0.29) is 11.2 Å². The molecule has 2 heterocycles. The molecule has 2 aromatic heterocycles. The van der Waals surface area contributed by atoms with Gasteiger partial charge in [-0.2, -0.15) is 4.68 Å². The van der Waals surface area contributed by atoms with Gasteiger partial charge in [0.2, 0.25) is 5.13 Å². The Hall–Kier alpha value is -3.52. The van der Waals surface area contributed by atoms with Crippen LogP contribution in [0.2, 0.25) is 0 Å². The molecule has 2 aromatic carbocycles. The lowest BCUT2D eigenvalue weighted by Crippen LogP contribution is -2.17. The van der Waals surface area contributed by atoms with Crippen LogP contribution >= 0.6 is 11.3 Å². The minimum atomic E-state index is -0.519. The van der Waals surface area contributed by atoms with Crippen molar-refractivity contribution in [1.29, 1.82) is 0 Å². The van der Waals surface area contributed by atoms with Crippen LogP contribution in [0.5, 0.6) is 0 Å². The van der Waals surface area contributed by atoms with Crippen LogP contribution < -0.4 is 10.9 Å². The van der Waals surface area contributed by atoms with Crippen LogP contribution in [0.25, 0.3) is 5.13 Å². The van der Waals surface area contributed by atoms with Crippen LogP contribution in [0.15, 0.2) is 59.4 Å². The Balaban J connectivity index is 1.63. The molecule has 0 unspecified atom stereocenters. The maximum absolute atomic E-state index is 13.8. The number of carbonyl (C=O) groups is 1. The second-order valence-corrected chi connectivity index (χ2v) is 7.84. The second kappa shape index (κ2) is 8.08. The minimum Gasteiger partial charge on any atom is -0.319 e. The number of hydrogen-bond donors (Lipinski definition) is 2. The number of thiazole rings is 1. The molecule has 1 amide bonds. The number of aromatic amines is 1. The van der Waals surface area contributed by atoms with Gasteiger partial charge in [0.05, 0.1) is 11.4 Å². The highest BCUT2D eigenvalue weighted by Gasteiger charge is 2.20. The van der Waals surface area contributed by atoms with E-state index < -0.39 is 11.7 Å². The molecule has 8 heteroatoms. The highest BCUT2D eigenvalue weighted by atomic mass is 32.1. The Morgan fingerprint density at radius 3 is 2.57 bits per heavy atom. The van der Waals surface area contributed by atoms with Gasteiger partial charge in [-0.25, -0.2) is 9.37 Å². The fourth-order valence-corrected chi connectivity index (χ4v) is 4.08. The summed E-state index contributed by atoms with van der Waals surface area (Å²) in [5, 5.41) is 5.96. The number of nitrogens with zero attached hydrogens (tertiary/aromatic N) is 2. The van der Waals surface area contributed by atoms with Crippen molar-refractivity contribution in [3.63, 3.8) is 0 Å². The molecule has 0 radical (unpaired) electrons. The standard InChI is InChI=1S/C22H19FN4O2S/c1-13-16(12-15-8-4-3-5-9-15)21(29)27(26-13)22-24-14(2)19(30-22)20(28)25-18-11-7-6-10-17(18)23/h3-11,26H,12H2,1-2H3,(H,25,28). The number of nitrogens with one attached hydrogen (secondary N) is 2. The predicted octanol–water partition coefficient (Wildman–Crippen LogP) is 4.22. The summed E-state index contributed by atoms with van der Waals surface area (Å²) in [5.41, 5.74) is 2.78. The Bertz CT molecular complexity index is 1270. The first kappa shape index (κ1) is 19.8. The summed E-state index contributed by atoms with van der Waals surface area (Å²) in [6, 6.07) is 15.7. The molecule has 0 spiro atoms. The van der Waals surface area contributed by atoms with E-state index in [0.29, 0.717) is 27.7 Å². The van der Waals surface area contributed by atoms with Crippen molar-refractivity contribution in [3.8, 4) is 5.13 Å². The maximum atomic E-state index is 13.8. The van der Waals surface area contributed by atoms with Gasteiger partial charge in [0.15, 0.2) is 0 Å². The number of para-hydroxylation sites is 1. The molecule has 0 bridgehead atoms. The molecule has 0 saturated carbocycles. The summed E-state index contributed by atoms with van der Waals surface area (Å²) in [6.07, 6.45) is 0.500. The third-order valence-corrected chi connectivity index (χ3v) is 5.86. The number of benzene rings is 2. The average Bonchev–Trinajstić information content (AvgIpc) is 3.25. The van der Waals surface area contributed by atoms with Crippen molar-refractivity contribution in [2.45, 2.75) is 20.3 Å². The zero-order valence-electron chi connectivity index (χ0n) is 16.4. The number of anilines is 1. The lowest BCUT2D eigenvalue weighted by atomic mass is 10.1. The summed E-state index contributed by atoms with van der Waals surface area (Å²) in [5.74, 6) is -0.989. The van der Waals surface area contributed by atoms with E-state index in [4.69, 9.17) is 0 Å². The van der Waals surface area contributed by atoms with Crippen molar-refractivity contribution in [1.82, 2.24) is 14.8 Å². The molecular weight excluding hydrogens is 403 g/mol. The molecule has 0 aliphatic rings. The number of aromatic nitrogens is 3. The number of halogens is 1. The highest BCUT2D eigenvalue weighted by molar-refractivity contribution is 7.16. The third kappa shape index (κ3) is 3.81. The van der Waals surface area contributed by atoms with E-state index >= 15 is 0 Å². The van der Waals surface area contributed by atoms with E-state index in [1.807, 2.05) is 37.3 Å². The van der Waals surface area contributed by atoms with Crippen LogP contribution in [-0.2, 0) is 6.42 Å². The molecular formula is C22H19FN4O2S. The van der Waals surface area contributed by atoms with Crippen LogP contribution in [0.1, 0.15) is 32.2 Å². The first-order valence-corrected chi connectivity index (χ1v) is 10.1. The summed E-state index contributed by atoms with van der Waals surface area (Å²) in [7, 11) is 0. The molecule has 0 saturated heterocycles. The van der Waals surface area contributed by atoms with Gasteiger partial charge in [-0.15, -0.1) is 0 Å².